The van der Waals surface area contributed by atoms with E-state index in [0.717, 1.165) is 0 Å². The second kappa shape index (κ2) is 4.60. The molecule has 1 aromatic heterocycles. The summed E-state index contributed by atoms with van der Waals surface area (Å²) in [6.45, 7) is 0. The summed E-state index contributed by atoms with van der Waals surface area (Å²) in [5, 5.41) is 10.3. The van der Waals surface area contributed by atoms with Crippen molar-refractivity contribution in [3.8, 4) is 0 Å². The summed E-state index contributed by atoms with van der Waals surface area (Å²) in [7, 11) is 0. The first-order valence-corrected chi connectivity index (χ1v) is 5.10. The van der Waals surface area contributed by atoms with E-state index in [1.807, 2.05) is 0 Å². The number of pyridine rings is 1. The molecule has 16 heavy (non-hydrogen) atoms. The Labute approximate surface area is 97.3 Å². The highest BCUT2D eigenvalue weighted by atomic mass is 35.5. The van der Waals surface area contributed by atoms with Crippen molar-refractivity contribution in [3.63, 3.8) is 0 Å². The van der Waals surface area contributed by atoms with Gasteiger partial charge in [0.15, 0.2) is 0 Å². The Balaban J connectivity index is 2.35. The zero-order valence-corrected chi connectivity index (χ0v) is 9.03. The van der Waals surface area contributed by atoms with Crippen LogP contribution in [-0.2, 0) is 0 Å². The topological polar surface area (TPSA) is 33.1 Å². The molecule has 0 spiro atoms. The Kier molecular flexibility index (Phi) is 3.17. The van der Waals surface area contributed by atoms with E-state index in [1.165, 1.54) is 24.3 Å². The number of halogens is 2. The molecule has 0 bridgehead atoms. The molecule has 1 N–H and O–H groups in total. The molecule has 0 fully saturated rings. The molecule has 0 radical (unpaired) electrons. The average molecular weight is 238 g/mol. The predicted octanol–water partition coefficient (Wildman–Crippen LogP) is 2.96. The first-order valence-electron chi connectivity index (χ1n) is 4.72. The highest BCUT2D eigenvalue weighted by Crippen LogP contribution is 2.26. The zero-order chi connectivity index (χ0) is 11.5. The van der Waals surface area contributed by atoms with Crippen LogP contribution in [0.2, 0.25) is 5.15 Å². The van der Waals surface area contributed by atoms with E-state index in [2.05, 4.69) is 4.98 Å². The van der Waals surface area contributed by atoms with Crippen molar-refractivity contribution in [1.29, 1.82) is 0 Å². The van der Waals surface area contributed by atoms with Gasteiger partial charge in [0, 0.05) is 11.8 Å². The maximum atomic E-state index is 12.7. The number of aliphatic hydroxyl groups is 1. The molecule has 0 saturated heterocycles. The number of hydrogen-bond acceptors (Lipinski definition) is 2. The van der Waals surface area contributed by atoms with Crippen LogP contribution in [0.4, 0.5) is 4.39 Å². The van der Waals surface area contributed by atoms with Crippen molar-refractivity contribution in [2.45, 2.75) is 6.10 Å². The van der Waals surface area contributed by atoms with E-state index in [4.69, 9.17) is 11.6 Å². The SMILES string of the molecule is OC(c1ccc(F)cc1)c1cccnc1Cl. The first-order chi connectivity index (χ1) is 7.68. The van der Waals surface area contributed by atoms with Crippen molar-refractivity contribution in [2.75, 3.05) is 0 Å². The van der Waals surface area contributed by atoms with Crippen LogP contribution in [0.1, 0.15) is 17.2 Å². The lowest BCUT2D eigenvalue weighted by Crippen LogP contribution is -2.01. The molecule has 4 heteroatoms. The van der Waals surface area contributed by atoms with Gasteiger partial charge in [0.05, 0.1) is 0 Å². The number of hydrogen-bond donors (Lipinski definition) is 1. The molecule has 1 unspecified atom stereocenters. The molecule has 2 nitrogen and oxygen atoms in total. The van der Waals surface area contributed by atoms with E-state index in [1.54, 1.807) is 18.3 Å². The Bertz CT molecular complexity index is 487. The number of aromatic nitrogens is 1. The fourth-order valence-electron chi connectivity index (χ4n) is 1.43. The molecule has 1 atom stereocenters. The number of rotatable bonds is 2. The summed E-state index contributed by atoms with van der Waals surface area (Å²) >= 11 is 5.86. The van der Waals surface area contributed by atoms with Gasteiger partial charge in [-0.1, -0.05) is 29.8 Å². The smallest absolute Gasteiger partial charge is 0.135 e. The van der Waals surface area contributed by atoms with Crippen molar-refractivity contribution in [3.05, 3.63) is 64.7 Å². The molecule has 2 aromatic rings. The first kappa shape index (κ1) is 11.0. The second-order valence-corrected chi connectivity index (χ2v) is 3.70. The summed E-state index contributed by atoms with van der Waals surface area (Å²) in [6.07, 6.45) is 0.658. The van der Waals surface area contributed by atoms with E-state index < -0.39 is 6.10 Å². The molecule has 82 valence electrons. The van der Waals surface area contributed by atoms with E-state index in [9.17, 15) is 9.50 Å². The zero-order valence-electron chi connectivity index (χ0n) is 8.27. The Morgan fingerprint density at radius 2 is 1.88 bits per heavy atom. The average Bonchev–Trinajstić information content (AvgIpc) is 2.30. The van der Waals surface area contributed by atoms with Crippen LogP contribution < -0.4 is 0 Å². The second-order valence-electron chi connectivity index (χ2n) is 3.34. The maximum Gasteiger partial charge on any atom is 0.135 e. The highest BCUT2D eigenvalue weighted by Gasteiger charge is 2.13. The number of benzene rings is 1. The van der Waals surface area contributed by atoms with Gasteiger partial charge in [0.1, 0.15) is 17.1 Å². The van der Waals surface area contributed by atoms with Crippen LogP contribution in [-0.4, -0.2) is 10.1 Å². The Morgan fingerprint density at radius 1 is 1.19 bits per heavy atom. The van der Waals surface area contributed by atoms with Crippen LogP contribution in [0.5, 0.6) is 0 Å². The normalized spacial score (nSPS) is 12.4. The van der Waals surface area contributed by atoms with Crippen molar-refractivity contribution < 1.29 is 9.50 Å². The standard InChI is InChI=1S/C12H9ClFNO/c13-12-10(2-1-7-15-12)11(16)8-3-5-9(14)6-4-8/h1-7,11,16H. The van der Waals surface area contributed by atoms with Crippen LogP contribution >= 0.6 is 11.6 Å². The van der Waals surface area contributed by atoms with Crippen molar-refractivity contribution >= 4 is 11.6 Å². The molecule has 1 aromatic carbocycles. The van der Waals surface area contributed by atoms with Gasteiger partial charge in [-0.15, -0.1) is 0 Å². The van der Waals surface area contributed by atoms with Crippen LogP contribution in [0, 0.1) is 5.82 Å². The molecule has 2 rings (SSSR count). The molecular weight excluding hydrogens is 229 g/mol. The van der Waals surface area contributed by atoms with Crippen molar-refractivity contribution in [2.24, 2.45) is 0 Å². The predicted molar refractivity (Wildman–Crippen MR) is 59.7 cm³/mol. The largest absolute Gasteiger partial charge is 0.384 e. The quantitative estimate of drug-likeness (QED) is 0.815. The van der Waals surface area contributed by atoms with Crippen LogP contribution in [0.15, 0.2) is 42.6 Å². The van der Waals surface area contributed by atoms with Gasteiger partial charge in [0.25, 0.3) is 0 Å². The van der Waals surface area contributed by atoms with Gasteiger partial charge in [-0.3, -0.25) is 0 Å². The minimum atomic E-state index is -0.887. The lowest BCUT2D eigenvalue weighted by Gasteiger charge is -2.12. The number of nitrogens with zero attached hydrogens (tertiary/aromatic N) is 1. The van der Waals surface area contributed by atoms with E-state index in [-0.39, 0.29) is 11.0 Å². The summed E-state index contributed by atoms with van der Waals surface area (Å²) < 4.78 is 12.7. The lowest BCUT2D eigenvalue weighted by molar-refractivity contribution is 0.220. The van der Waals surface area contributed by atoms with Gasteiger partial charge in [-0.05, 0) is 23.8 Å². The molecule has 0 aliphatic carbocycles. The minimum Gasteiger partial charge on any atom is -0.384 e. The van der Waals surface area contributed by atoms with E-state index in [0.29, 0.717) is 11.1 Å². The molecular formula is C12H9ClFNO. The molecule has 1 heterocycles. The lowest BCUT2D eigenvalue weighted by atomic mass is 10.0. The summed E-state index contributed by atoms with van der Waals surface area (Å²) in [4.78, 5) is 3.87. The van der Waals surface area contributed by atoms with Gasteiger partial charge in [-0.25, -0.2) is 9.37 Å². The Hall–Kier alpha value is -1.45. The monoisotopic (exact) mass is 237 g/mol. The number of aliphatic hydroxyl groups excluding tert-OH is 1. The Morgan fingerprint density at radius 3 is 2.50 bits per heavy atom. The summed E-state index contributed by atoms with van der Waals surface area (Å²) in [6, 6.07) is 9.00. The van der Waals surface area contributed by atoms with Crippen molar-refractivity contribution in [1.82, 2.24) is 4.98 Å². The molecule has 0 amide bonds. The fraction of sp³-hybridized carbons (Fsp3) is 0.0833. The highest BCUT2D eigenvalue weighted by molar-refractivity contribution is 6.30. The third-order valence-electron chi connectivity index (χ3n) is 2.27. The third kappa shape index (κ3) is 2.21. The molecule has 0 aliphatic rings. The van der Waals surface area contributed by atoms with Gasteiger partial charge < -0.3 is 5.11 Å². The maximum absolute atomic E-state index is 12.7. The third-order valence-corrected chi connectivity index (χ3v) is 2.58. The minimum absolute atomic E-state index is 0.249. The van der Waals surface area contributed by atoms with Gasteiger partial charge in [-0.2, -0.15) is 0 Å². The summed E-state index contributed by atoms with van der Waals surface area (Å²) in [5.74, 6) is -0.340. The van der Waals surface area contributed by atoms with Gasteiger partial charge in [0.2, 0.25) is 0 Å². The fourth-order valence-corrected chi connectivity index (χ4v) is 1.65. The van der Waals surface area contributed by atoms with Gasteiger partial charge >= 0.3 is 0 Å². The summed E-state index contributed by atoms with van der Waals surface area (Å²) in [5.41, 5.74) is 1.09. The molecule has 0 saturated carbocycles. The van der Waals surface area contributed by atoms with Crippen LogP contribution in [0.3, 0.4) is 0 Å². The van der Waals surface area contributed by atoms with Crippen LogP contribution in [0.25, 0.3) is 0 Å². The van der Waals surface area contributed by atoms with E-state index >= 15 is 0 Å². The molecule has 0 aliphatic heterocycles.